The Morgan fingerprint density at radius 2 is 0.792 bits per heavy atom. The van der Waals surface area contributed by atoms with Crippen LogP contribution >= 0.6 is 57.2 Å². The topological polar surface area (TPSA) is 25.8 Å². The van der Waals surface area contributed by atoms with Crippen LogP contribution in [0.2, 0.25) is 10.0 Å². The van der Waals surface area contributed by atoms with Gasteiger partial charge in [0.15, 0.2) is 0 Å². The molecule has 0 aliphatic rings. The molecule has 2 nitrogen and oxygen atoms in total. The van der Waals surface area contributed by atoms with E-state index in [-0.39, 0.29) is 0 Å². The van der Waals surface area contributed by atoms with E-state index >= 15 is 0 Å². The van der Waals surface area contributed by atoms with E-state index in [0.29, 0.717) is 11.8 Å². The van der Waals surface area contributed by atoms with Crippen LogP contribution in [-0.2, 0) is 12.8 Å². The fourth-order valence-corrected chi connectivity index (χ4v) is 11.6. The Kier molecular flexibility index (Phi) is 22.0. The molecule has 0 bridgehead atoms. The van der Waals surface area contributed by atoms with Gasteiger partial charge in [-0.1, -0.05) is 205 Å². The van der Waals surface area contributed by atoms with Gasteiger partial charge in [-0.2, -0.15) is 0 Å². The van der Waals surface area contributed by atoms with Crippen molar-refractivity contribution in [1.82, 2.24) is 9.97 Å². The van der Waals surface area contributed by atoms with Gasteiger partial charge in [0.05, 0.1) is 19.8 Å². The van der Waals surface area contributed by atoms with Gasteiger partial charge >= 0.3 is 0 Å². The van der Waals surface area contributed by atoms with Crippen molar-refractivity contribution in [3.63, 3.8) is 0 Å². The number of rotatable bonds is 30. The van der Waals surface area contributed by atoms with Gasteiger partial charge in [0, 0.05) is 20.5 Å². The third-order valence-electron chi connectivity index (χ3n) is 11.1. The van der Waals surface area contributed by atoms with Gasteiger partial charge < -0.3 is 0 Å². The summed E-state index contributed by atoms with van der Waals surface area (Å²) >= 11 is 19.6. The molecule has 7 heteroatoms. The number of thiophene rings is 3. The van der Waals surface area contributed by atoms with E-state index in [1.165, 1.54) is 164 Å². The summed E-state index contributed by atoms with van der Waals surface area (Å²) in [5.41, 5.74) is 3.84. The SMILES string of the molecule is CCCCCCCCC(CCCCCC)Cc1sc(-c2nc3cscc3nc2-c2cc(Cl)c(CC(CCCCCC)CCCCCCCC)s2)cc1Cl. The number of hydrogen-bond donors (Lipinski definition) is 0. The molecule has 0 aliphatic heterocycles. The summed E-state index contributed by atoms with van der Waals surface area (Å²) in [7, 11) is 0. The van der Waals surface area contributed by atoms with E-state index in [1.54, 1.807) is 11.3 Å². The van der Waals surface area contributed by atoms with Crippen LogP contribution in [0.4, 0.5) is 0 Å². The van der Waals surface area contributed by atoms with Crippen LogP contribution < -0.4 is 0 Å². The molecule has 0 saturated heterocycles. The van der Waals surface area contributed by atoms with Gasteiger partial charge in [-0.05, 0) is 36.8 Å². The number of nitrogens with zero attached hydrogens (tertiary/aromatic N) is 2. The largest absolute Gasteiger partial charge is 0.242 e. The van der Waals surface area contributed by atoms with Gasteiger partial charge in [-0.15, -0.1) is 34.0 Å². The molecule has 53 heavy (non-hydrogen) atoms. The lowest BCUT2D eigenvalue weighted by atomic mass is 9.91. The van der Waals surface area contributed by atoms with Gasteiger partial charge in [0.1, 0.15) is 22.4 Å². The molecular weight excluding hydrogens is 748 g/mol. The second kappa shape index (κ2) is 26.0. The fraction of sp³-hybridized carbons (Fsp3) is 0.696. The summed E-state index contributed by atoms with van der Waals surface area (Å²) in [6.45, 7) is 9.21. The molecule has 4 heterocycles. The Bertz CT molecular complexity index is 1440. The van der Waals surface area contributed by atoms with Gasteiger partial charge in [0.2, 0.25) is 0 Å². The highest BCUT2D eigenvalue weighted by Crippen LogP contribution is 2.44. The van der Waals surface area contributed by atoms with Crippen LogP contribution in [0.1, 0.15) is 192 Å². The summed E-state index contributed by atoms with van der Waals surface area (Å²) in [4.78, 5) is 15.4. The van der Waals surface area contributed by atoms with Crippen molar-refractivity contribution in [2.45, 2.75) is 195 Å². The highest BCUT2D eigenvalue weighted by molar-refractivity contribution is 7.17. The first-order valence-electron chi connectivity index (χ1n) is 21.8. The van der Waals surface area contributed by atoms with Crippen molar-refractivity contribution >= 4 is 68.2 Å². The highest BCUT2D eigenvalue weighted by Gasteiger charge is 2.23. The van der Waals surface area contributed by atoms with Crippen LogP contribution in [0.25, 0.3) is 32.2 Å². The summed E-state index contributed by atoms with van der Waals surface area (Å²) in [5.74, 6) is 1.38. The molecule has 0 saturated carbocycles. The van der Waals surface area contributed by atoms with E-state index in [9.17, 15) is 0 Å². The van der Waals surface area contributed by atoms with Crippen molar-refractivity contribution in [2.24, 2.45) is 11.8 Å². The van der Waals surface area contributed by atoms with Crippen molar-refractivity contribution < 1.29 is 0 Å². The van der Waals surface area contributed by atoms with Crippen LogP contribution in [0, 0.1) is 11.8 Å². The van der Waals surface area contributed by atoms with E-state index in [4.69, 9.17) is 33.2 Å². The smallest absolute Gasteiger partial charge is 0.108 e. The molecule has 4 aromatic heterocycles. The number of halogens is 2. The lowest BCUT2D eigenvalue weighted by molar-refractivity contribution is 0.404. The fourth-order valence-electron chi connectivity index (χ4n) is 7.83. The minimum atomic E-state index is 0.692. The average Bonchev–Trinajstić information content (AvgIpc) is 3.88. The molecule has 2 unspecified atom stereocenters. The molecule has 0 spiro atoms. The Hall–Kier alpha value is -0.980. The van der Waals surface area contributed by atoms with E-state index in [0.717, 1.165) is 55.1 Å². The first kappa shape index (κ1) is 44.7. The third-order valence-corrected chi connectivity index (χ3v) is 15.0. The molecule has 0 aliphatic carbocycles. The van der Waals surface area contributed by atoms with Gasteiger partial charge in [-0.25, -0.2) is 9.97 Å². The zero-order valence-corrected chi connectivity index (χ0v) is 37.7. The maximum absolute atomic E-state index is 7.11. The Labute approximate surface area is 346 Å². The molecule has 4 rings (SSSR count). The molecule has 4 aromatic rings. The molecule has 0 radical (unpaired) electrons. The monoisotopic (exact) mass is 816 g/mol. The predicted octanol–water partition coefficient (Wildman–Crippen LogP) is 18.2. The van der Waals surface area contributed by atoms with Crippen molar-refractivity contribution in [2.75, 3.05) is 0 Å². The Morgan fingerprint density at radius 3 is 1.15 bits per heavy atom. The Balaban J connectivity index is 1.54. The number of unbranched alkanes of at least 4 members (excludes halogenated alkanes) is 16. The van der Waals surface area contributed by atoms with Gasteiger partial charge in [-0.3, -0.25) is 0 Å². The second-order valence-corrected chi connectivity index (χ2v) is 19.6. The zero-order chi connectivity index (χ0) is 37.7. The van der Waals surface area contributed by atoms with E-state index in [2.05, 4.69) is 50.6 Å². The molecular formula is C46H70Cl2N2S3. The predicted molar refractivity (Wildman–Crippen MR) is 242 cm³/mol. The quantitative estimate of drug-likeness (QED) is 0.0490. The molecule has 0 fully saturated rings. The number of aromatic nitrogens is 2. The standard InChI is InChI=1S/C46H70Cl2N2S3/c1-5-9-13-17-19-23-27-35(25-21-15-11-7-3)29-41-37(47)31-43(52-41)45-46(50-40-34-51-33-39(40)49-45)44-32-38(48)42(53-44)30-36(26-22-16-12-8-4)28-24-20-18-14-10-6-2/h31-36H,5-30H2,1-4H3. The van der Waals surface area contributed by atoms with Crippen LogP contribution in [0.5, 0.6) is 0 Å². The third kappa shape index (κ3) is 15.5. The number of hydrogen-bond acceptors (Lipinski definition) is 5. The van der Waals surface area contributed by atoms with E-state index in [1.807, 2.05) is 22.7 Å². The van der Waals surface area contributed by atoms with Crippen LogP contribution in [0.3, 0.4) is 0 Å². The first-order chi connectivity index (χ1) is 26.0. The summed E-state index contributed by atoms with van der Waals surface area (Å²) in [6, 6.07) is 4.35. The Morgan fingerprint density at radius 1 is 0.472 bits per heavy atom. The van der Waals surface area contributed by atoms with Crippen molar-refractivity contribution in [1.29, 1.82) is 0 Å². The maximum Gasteiger partial charge on any atom is 0.108 e. The molecule has 0 amide bonds. The van der Waals surface area contributed by atoms with Crippen LogP contribution in [-0.4, -0.2) is 9.97 Å². The minimum absolute atomic E-state index is 0.692. The molecule has 2 atom stereocenters. The number of fused-ring (bicyclic) bond motifs is 1. The highest BCUT2D eigenvalue weighted by atomic mass is 35.5. The minimum Gasteiger partial charge on any atom is -0.242 e. The lowest BCUT2D eigenvalue weighted by Crippen LogP contribution is -2.05. The summed E-state index contributed by atoms with van der Waals surface area (Å²) < 4.78 is 0. The van der Waals surface area contributed by atoms with Crippen LogP contribution in [0.15, 0.2) is 22.9 Å². The summed E-state index contributed by atoms with van der Waals surface area (Å²) in [5, 5.41) is 6.04. The van der Waals surface area contributed by atoms with E-state index < -0.39 is 0 Å². The summed E-state index contributed by atoms with van der Waals surface area (Å²) in [6.07, 6.45) is 34.2. The van der Waals surface area contributed by atoms with Crippen molar-refractivity contribution in [3.05, 3.63) is 42.7 Å². The molecule has 0 N–H and O–H groups in total. The normalized spacial score (nSPS) is 13.0. The maximum atomic E-state index is 7.11. The molecule has 0 aromatic carbocycles. The molecule has 296 valence electrons. The van der Waals surface area contributed by atoms with Gasteiger partial charge in [0.25, 0.3) is 0 Å². The lowest BCUT2D eigenvalue weighted by Gasteiger charge is -2.16. The average molecular weight is 818 g/mol. The van der Waals surface area contributed by atoms with Crippen molar-refractivity contribution in [3.8, 4) is 21.1 Å². The first-order valence-corrected chi connectivity index (χ1v) is 25.1. The second-order valence-electron chi connectivity index (χ2n) is 15.8. The zero-order valence-electron chi connectivity index (χ0n) is 33.7.